The molecule has 24 heavy (non-hydrogen) atoms. The molecule has 128 valence electrons. The highest BCUT2D eigenvalue weighted by Gasteiger charge is 2.14. The van der Waals surface area contributed by atoms with E-state index in [9.17, 15) is 4.21 Å². The van der Waals surface area contributed by atoms with E-state index in [4.69, 9.17) is 34.8 Å². The highest BCUT2D eigenvalue weighted by Crippen LogP contribution is 2.27. The molecule has 0 saturated heterocycles. The molecule has 0 aliphatic carbocycles. The van der Waals surface area contributed by atoms with E-state index in [0.717, 1.165) is 11.1 Å². The molecule has 0 aliphatic rings. The molecule has 2 nitrogen and oxygen atoms in total. The molecule has 0 aliphatic heterocycles. The Balaban J connectivity index is 2.31. The Morgan fingerprint density at radius 1 is 1.04 bits per heavy atom. The number of rotatable bonds is 6. The van der Waals surface area contributed by atoms with Crippen LogP contribution in [0.1, 0.15) is 30.9 Å². The molecule has 0 amide bonds. The maximum atomic E-state index is 11.9. The van der Waals surface area contributed by atoms with Crippen LogP contribution in [-0.2, 0) is 17.4 Å². The first kappa shape index (κ1) is 19.5. The Labute approximate surface area is 160 Å². The lowest BCUT2D eigenvalue weighted by atomic mass is 9.93. The van der Waals surface area contributed by atoms with Crippen LogP contribution < -0.4 is 0 Å². The van der Waals surface area contributed by atoms with Gasteiger partial charge in [0.05, 0.1) is 5.25 Å². The van der Waals surface area contributed by atoms with Crippen molar-refractivity contribution in [1.29, 1.82) is 0 Å². The molecule has 0 radical (unpaired) electrons. The van der Waals surface area contributed by atoms with Crippen LogP contribution in [0.5, 0.6) is 0 Å². The molecular weight excluding hydrogens is 385 g/mol. The molecule has 2 atom stereocenters. The quantitative estimate of drug-likeness (QED) is 0.535. The summed E-state index contributed by atoms with van der Waals surface area (Å²) in [7, 11) is -1.25. The molecule has 2 rings (SSSR count). The molecule has 6 heteroatoms. The lowest BCUT2D eigenvalue weighted by molar-refractivity contribution is 0.678. The van der Waals surface area contributed by atoms with Crippen molar-refractivity contribution in [1.82, 2.24) is 0 Å². The van der Waals surface area contributed by atoms with E-state index in [1.807, 2.05) is 50.2 Å². The van der Waals surface area contributed by atoms with Crippen LogP contribution in [0.25, 0.3) is 0 Å². The first-order chi connectivity index (χ1) is 11.4. The van der Waals surface area contributed by atoms with Gasteiger partial charge < -0.3 is 0 Å². The molecule has 2 aromatic carbocycles. The largest absolute Gasteiger partial charge is 0.235 e. The fraction of sp³-hybridized carbons (Fsp3) is 0.278. The van der Waals surface area contributed by atoms with Crippen molar-refractivity contribution in [2.45, 2.75) is 31.4 Å². The predicted molar refractivity (Wildman–Crippen MR) is 106 cm³/mol. The van der Waals surface area contributed by atoms with Crippen LogP contribution in [0, 0.1) is 0 Å². The third-order valence-electron chi connectivity index (χ3n) is 3.50. The summed E-state index contributed by atoms with van der Waals surface area (Å²) >= 11 is 18.2. The predicted octanol–water partition coefficient (Wildman–Crippen LogP) is 6.12. The minimum atomic E-state index is -1.25. The second kappa shape index (κ2) is 9.00. The topological polar surface area (TPSA) is 29.4 Å². The fourth-order valence-corrected chi connectivity index (χ4v) is 3.27. The van der Waals surface area contributed by atoms with Crippen molar-refractivity contribution < 1.29 is 4.21 Å². The van der Waals surface area contributed by atoms with E-state index in [0.29, 0.717) is 21.5 Å². The summed E-state index contributed by atoms with van der Waals surface area (Å²) < 4.78 is 16.2. The smallest absolute Gasteiger partial charge is 0.141 e. The third-order valence-corrected chi connectivity index (χ3v) is 5.48. The van der Waals surface area contributed by atoms with Gasteiger partial charge in [-0.3, -0.25) is 0 Å². The molecule has 0 heterocycles. The van der Waals surface area contributed by atoms with Gasteiger partial charge in [-0.1, -0.05) is 53.0 Å². The summed E-state index contributed by atoms with van der Waals surface area (Å²) in [4.78, 5) is 0. The molecule has 0 N–H and O–H groups in total. The van der Waals surface area contributed by atoms with Gasteiger partial charge in [0, 0.05) is 27.2 Å². The molecule has 0 spiro atoms. The third kappa shape index (κ3) is 5.59. The van der Waals surface area contributed by atoms with Gasteiger partial charge in [0.15, 0.2) is 0 Å². The van der Waals surface area contributed by atoms with Crippen molar-refractivity contribution in [3.05, 3.63) is 68.7 Å². The molecular formula is C18H18Cl3NOS. The molecule has 0 aromatic heterocycles. The van der Waals surface area contributed by atoms with Crippen molar-refractivity contribution in [2.24, 2.45) is 4.40 Å². The Kier molecular flexibility index (Phi) is 7.30. The van der Waals surface area contributed by atoms with Crippen LogP contribution in [0.3, 0.4) is 0 Å². The van der Waals surface area contributed by atoms with Crippen molar-refractivity contribution in [3.8, 4) is 0 Å². The number of hydrogen-bond donors (Lipinski definition) is 0. The van der Waals surface area contributed by atoms with Crippen LogP contribution in [0.15, 0.2) is 46.9 Å². The normalized spacial score (nSPS) is 14.2. The minimum Gasteiger partial charge on any atom is -0.235 e. The Morgan fingerprint density at radius 3 is 2.25 bits per heavy atom. The van der Waals surface area contributed by atoms with Gasteiger partial charge in [-0.2, -0.15) is 4.40 Å². The summed E-state index contributed by atoms with van der Waals surface area (Å²) in [6.07, 6.45) is 2.38. The average molecular weight is 403 g/mol. The Hall–Kier alpha value is -0.870. The van der Waals surface area contributed by atoms with Gasteiger partial charge in [-0.25, -0.2) is 4.21 Å². The van der Waals surface area contributed by atoms with E-state index in [1.54, 1.807) is 12.3 Å². The van der Waals surface area contributed by atoms with E-state index >= 15 is 0 Å². The maximum absolute atomic E-state index is 11.9. The van der Waals surface area contributed by atoms with Gasteiger partial charge >= 0.3 is 0 Å². The molecule has 2 unspecified atom stereocenters. The van der Waals surface area contributed by atoms with Gasteiger partial charge in [0.2, 0.25) is 0 Å². The number of benzene rings is 2. The van der Waals surface area contributed by atoms with Crippen molar-refractivity contribution in [3.63, 3.8) is 0 Å². The minimum absolute atomic E-state index is 0.0220. The molecule has 2 aromatic rings. The lowest BCUT2D eigenvalue weighted by Gasteiger charge is -2.14. The number of nitrogens with zero attached hydrogens (tertiary/aromatic N) is 1. The highest BCUT2D eigenvalue weighted by atomic mass is 35.5. The van der Waals surface area contributed by atoms with E-state index in [1.165, 1.54) is 0 Å². The Bertz CT molecular complexity index is 744. The molecule has 0 bridgehead atoms. The Morgan fingerprint density at radius 2 is 1.67 bits per heavy atom. The average Bonchev–Trinajstić information content (AvgIpc) is 2.53. The second-order valence-electron chi connectivity index (χ2n) is 5.68. The van der Waals surface area contributed by atoms with Crippen molar-refractivity contribution >= 4 is 52.0 Å². The van der Waals surface area contributed by atoms with Gasteiger partial charge in [-0.15, -0.1) is 0 Å². The standard InChI is InChI=1S/C18H18Cl3NOS/c1-12(2)24(23)22-11-15(13-3-6-16(19)7-4-13)9-14-5-8-17(20)10-18(14)21/h3-8,10-12,15H,9H2,1-2H3. The van der Waals surface area contributed by atoms with Crippen LogP contribution in [0.2, 0.25) is 15.1 Å². The first-order valence-corrected chi connectivity index (χ1v) is 9.81. The summed E-state index contributed by atoms with van der Waals surface area (Å²) in [6.45, 7) is 3.75. The summed E-state index contributed by atoms with van der Waals surface area (Å²) in [5.41, 5.74) is 2.00. The molecule has 0 fully saturated rings. The zero-order valence-corrected chi connectivity index (χ0v) is 16.5. The SMILES string of the molecule is CC(C)S(=O)N=CC(Cc1ccc(Cl)cc1Cl)c1ccc(Cl)cc1. The van der Waals surface area contributed by atoms with E-state index in [-0.39, 0.29) is 11.2 Å². The maximum Gasteiger partial charge on any atom is 0.141 e. The fourth-order valence-electron chi connectivity index (χ4n) is 2.15. The van der Waals surface area contributed by atoms with Gasteiger partial charge in [-0.05, 0) is 55.7 Å². The monoisotopic (exact) mass is 401 g/mol. The zero-order chi connectivity index (χ0) is 17.7. The molecule has 0 saturated carbocycles. The van der Waals surface area contributed by atoms with Crippen LogP contribution in [0.4, 0.5) is 0 Å². The zero-order valence-electron chi connectivity index (χ0n) is 13.4. The number of halogens is 3. The van der Waals surface area contributed by atoms with E-state index in [2.05, 4.69) is 4.40 Å². The lowest BCUT2D eigenvalue weighted by Crippen LogP contribution is -2.08. The number of hydrogen-bond acceptors (Lipinski definition) is 1. The van der Waals surface area contributed by atoms with Gasteiger partial charge in [0.1, 0.15) is 11.0 Å². The van der Waals surface area contributed by atoms with E-state index < -0.39 is 11.0 Å². The summed E-state index contributed by atoms with van der Waals surface area (Å²) in [6, 6.07) is 13.0. The van der Waals surface area contributed by atoms with Crippen LogP contribution in [-0.4, -0.2) is 15.7 Å². The first-order valence-electron chi connectivity index (χ1n) is 7.51. The second-order valence-corrected chi connectivity index (χ2v) is 8.66. The van der Waals surface area contributed by atoms with Crippen LogP contribution >= 0.6 is 34.8 Å². The van der Waals surface area contributed by atoms with Crippen molar-refractivity contribution in [2.75, 3.05) is 0 Å². The summed E-state index contributed by atoms with van der Waals surface area (Å²) in [5.74, 6) is -0.0522. The highest BCUT2D eigenvalue weighted by molar-refractivity contribution is 7.84. The van der Waals surface area contributed by atoms with Gasteiger partial charge in [0.25, 0.3) is 0 Å². The summed E-state index contributed by atoms with van der Waals surface area (Å²) in [5, 5.41) is 1.86.